The molecular formula is C12H17ClFN3. The molecule has 0 amide bonds. The zero-order chi connectivity index (χ0) is 12.5. The summed E-state index contributed by atoms with van der Waals surface area (Å²) in [6, 6.07) is 0. The van der Waals surface area contributed by atoms with E-state index in [0.717, 1.165) is 38.5 Å². The fourth-order valence-electron chi connectivity index (χ4n) is 2.19. The Labute approximate surface area is 106 Å². The van der Waals surface area contributed by atoms with Crippen molar-refractivity contribution in [1.29, 1.82) is 0 Å². The van der Waals surface area contributed by atoms with Crippen LogP contribution in [-0.4, -0.2) is 23.1 Å². The molecule has 94 valence electrons. The molecule has 2 rings (SSSR count). The molecule has 0 unspecified atom stereocenters. The molecule has 0 aliphatic carbocycles. The average molecular weight is 258 g/mol. The molecule has 0 aromatic carbocycles. The van der Waals surface area contributed by atoms with Crippen molar-refractivity contribution in [3.8, 4) is 0 Å². The van der Waals surface area contributed by atoms with Gasteiger partial charge in [0, 0.05) is 13.1 Å². The number of halogens is 2. The molecular weight excluding hydrogens is 241 g/mol. The highest BCUT2D eigenvalue weighted by Crippen LogP contribution is 2.31. The van der Waals surface area contributed by atoms with Crippen LogP contribution in [0, 0.1) is 11.2 Å². The van der Waals surface area contributed by atoms with Crippen LogP contribution in [-0.2, 0) is 0 Å². The van der Waals surface area contributed by atoms with Gasteiger partial charge < -0.3 is 4.90 Å². The Bertz CT molecular complexity index is 409. The van der Waals surface area contributed by atoms with Crippen LogP contribution in [0.5, 0.6) is 0 Å². The highest BCUT2D eigenvalue weighted by Gasteiger charge is 2.25. The van der Waals surface area contributed by atoms with E-state index in [1.165, 1.54) is 0 Å². The van der Waals surface area contributed by atoms with Crippen molar-refractivity contribution in [3.63, 3.8) is 0 Å². The van der Waals surface area contributed by atoms with Crippen LogP contribution in [0.3, 0.4) is 0 Å². The number of rotatable bonds is 1. The largest absolute Gasteiger partial charge is 0.354 e. The Morgan fingerprint density at radius 3 is 2.88 bits per heavy atom. The zero-order valence-electron chi connectivity index (χ0n) is 10.2. The van der Waals surface area contributed by atoms with Crippen molar-refractivity contribution in [2.75, 3.05) is 18.0 Å². The van der Waals surface area contributed by atoms with Gasteiger partial charge in [0.15, 0.2) is 11.6 Å². The molecule has 2 heterocycles. The van der Waals surface area contributed by atoms with Crippen molar-refractivity contribution in [2.45, 2.75) is 33.1 Å². The second kappa shape index (κ2) is 4.77. The van der Waals surface area contributed by atoms with Crippen LogP contribution in [0.2, 0.25) is 5.28 Å². The summed E-state index contributed by atoms with van der Waals surface area (Å²) in [5.41, 5.74) is 0.321. The molecule has 1 fully saturated rings. The number of hydrogen-bond acceptors (Lipinski definition) is 3. The fraction of sp³-hybridized carbons (Fsp3) is 0.667. The van der Waals surface area contributed by atoms with Crippen molar-refractivity contribution < 1.29 is 4.39 Å². The van der Waals surface area contributed by atoms with Crippen molar-refractivity contribution in [3.05, 3.63) is 17.3 Å². The van der Waals surface area contributed by atoms with Crippen LogP contribution < -0.4 is 4.90 Å². The first-order chi connectivity index (χ1) is 7.98. The van der Waals surface area contributed by atoms with E-state index < -0.39 is 5.82 Å². The molecule has 1 aromatic rings. The molecule has 0 spiro atoms. The third-order valence-electron chi connectivity index (χ3n) is 3.34. The number of nitrogens with zero attached hydrogens (tertiary/aromatic N) is 3. The van der Waals surface area contributed by atoms with Gasteiger partial charge in [-0.05, 0) is 36.3 Å². The van der Waals surface area contributed by atoms with E-state index in [9.17, 15) is 4.39 Å². The predicted octanol–water partition coefficient (Wildman–Crippen LogP) is 3.29. The van der Waals surface area contributed by atoms with Crippen LogP contribution in [0.25, 0.3) is 0 Å². The van der Waals surface area contributed by atoms with Gasteiger partial charge in [-0.1, -0.05) is 13.8 Å². The smallest absolute Gasteiger partial charge is 0.224 e. The number of anilines is 1. The first-order valence-electron chi connectivity index (χ1n) is 5.91. The maximum absolute atomic E-state index is 13.7. The lowest BCUT2D eigenvalue weighted by atomic mass is 9.85. The van der Waals surface area contributed by atoms with Gasteiger partial charge in [0.25, 0.3) is 0 Å². The lowest BCUT2D eigenvalue weighted by molar-refractivity contribution is 0.325. The van der Waals surface area contributed by atoms with Crippen molar-refractivity contribution in [1.82, 2.24) is 9.97 Å². The van der Waals surface area contributed by atoms with Crippen LogP contribution in [0.4, 0.5) is 10.2 Å². The molecule has 3 nitrogen and oxygen atoms in total. The quantitative estimate of drug-likeness (QED) is 0.723. The standard InChI is InChI=1S/C12H17ClFN3/c1-12(2)4-3-6-17(7-5-12)10-9(14)8-15-11(13)16-10/h8H,3-7H2,1-2H3. The SMILES string of the molecule is CC1(C)CCCN(c2nc(Cl)ncc2F)CC1. The van der Waals surface area contributed by atoms with Gasteiger partial charge in [0.2, 0.25) is 5.28 Å². The second-order valence-corrected chi connectivity index (χ2v) is 5.65. The molecule has 0 N–H and O–H groups in total. The topological polar surface area (TPSA) is 29.0 Å². The van der Waals surface area contributed by atoms with Crippen molar-refractivity contribution >= 4 is 17.4 Å². The summed E-state index contributed by atoms with van der Waals surface area (Å²) in [7, 11) is 0. The summed E-state index contributed by atoms with van der Waals surface area (Å²) in [5.74, 6) is -0.0585. The van der Waals surface area contributed by atoms with E-state index in [4.69, 9.17) is 11.6 Å². The summed E-state index contributed by atoms with van der Waals surface area (Å²) >= 11 is 5.72. The summed E-state index contributed by atoms with van der Waals surface area (Å²) in [4.78, 5) is 9.60. The number of hydrogen-bond donors (Lipinski definition) is 0. The molecule has 1 aliphatic heterocycles. The lowest BCUT2D eigenvalue weighted by Crippen LogP contribution is -2.27. The molecule has 0 saturated carbocycles. The molecule has 1 saturated heterocycles. The van der Waals surface area contributed by atoms with Gasteiger partial charge in [-0.15, -0.1) is 0 Å². The Hall–Kier alpha value is -0.900. The van der Waals surface area contributed by atoms with Crippen LogP contribution in [0.1, 0.15) is 33.1 Å². The minimum absolute atomic E-state index is 0.102. The fourth-order valence-corrected chi connectivity index (χ4v) is 2.32. The second-order valence-electron chi connectivity index (χ2n) is 5.32. The van der Waals surface area contributed by atoms with Gasteiger partial charge in [-0.3, -0.25) is 0 Å². The van der Waals surface area contributed by atoms with E-state index in [1.807, 2.05) is 4.90 Å². The molecule has 1 aromatic heterocycles. The molecule has 0 atom stereocenters. The Kier molecular flexibility index (Phi) is 3.52. The molecule has 5 heteroatoms. The first kappa shape index (κ1) is 12.6. The summed E-state index contributed by atoms with van der Waals surface area (Å²) in [5, 5.41) is 0.102. The summed E-state index contributed by atoms with van der Waals surface area (Å²) < 4.78 is 13.7. The third kappa shape index (κ3) is 3.06. The van der Waals surface area contributed by atoms with Gasteiger partial charge in [0.05, 0.1) is 6.20 Å². The Morgan fingerprint density at radius 2 is 2.12 bits per heavy atom. The van der Waals surface area contributed by atoms with Crippen molar-refractivity contribution in [2.24, 2.45) is 5.41 Å². The van der Waals surface area contributed by atoms with E-state index in [-0.39, 0.29) is 5.28 Å². The molecule has 0 bridgehead atoms. The first-order valence-corrected chi connectivity index (χ1v) is 6.29. The van der Waals surface area contributed by atoms with E-state index >= 15 is 0 Å². The maximum atomic E-state index is 13.7. The van der Waals surface area contributed by atoms with E-state index in [0.29, 0.717) is 11.2 Å². The third-order valence-corrected chi connectivity index (χ3v) is 3.52. The summed E-state index contributed by atoms with van der Waals surface area (Å²) in [6.07, 6.45) is 4.38. The maximum Gasteiger partial charge on any atom is 0.224 e. The summed E-state index contributed by atoms with van der Waals surface area (Å²) in [6.45, 7) is 6.14. The number of aromatic nitrogens is 2. The monoisotopic (exact) mass is 257 g/mol. The van der Waals surface area contributed by atoms with Gasteiger partial charge >= 0.3 is 0 Å². The molecule has 1 aliphatic rings. The Balaban J connectivity index is 2.19. The minimum atomic E-state index is -0.394. The van der Waals surface area contributed by atoms with Crippen LogP contribution in [0.15, 0.2) is 6.20 Å². The average Bonchev–Trinajstić information content (AvgIpc) is 2.43. The van der Waals surface area contributed by atoms with E-state index in [2.05, 4.69) is 23.8 Å². The van der Waals surface area contributed by atoms with Gasteiger partial charge in [-0.2, -0.15) is 4.98 Å². The van der Waals surface area contributed by atoms with Gasteiger partial charge in [0.1, 0.15) is 0 Å². The van der Waals surface area contributed by atoms with Crippen LogP contribution >= 0.6 is 11.6 Å². The predicted molar refractivity (Wildman–Crippen MR) is 66.8 cm³/mol. The Morgan fingerprint density at radius 1 is 1.35 bits per heavy atom. The highest BCUT2D eigenvalue weighted by atomic mass is 35.5. The minimum Gasteiger partial charge on any atom is -0.354 e. The lowest BCUT2D eigenvalue weighted by Gasteiger charge is -2.24. The van der Waals surface area contributed by atoms with Gasteiger partial charge in [-0.25, -0.2) is 9.37 Å². The highest BCUT2D eigenvalue weighted by molar-refractivity contribution is 6.28. The molecule has 17 heavy (non-hydrogen) atoms. The molecule has 0 radical (unpaired) electrons. The van der Waals surface area contributed by atoms with E-state index in [1.54, 1.807) is 0 Å². The normalized spacial score (nSPS) is 20.1. The zero-order valence-corrected chi connectivity index (χ0v) is 11.0.